The van der Waals surface area contributed by atoms with Gasteiger partial charge in [-0.2, -0.15) is 0 Å². The van der Waals surface area contributed by atoms with Crippen molar-refractivity contribution in [2.24, 2.45) is 11.7 Å². The van der Waals surface area contributed by atoms with E-state index in [1.807, 2.05) is 0 Å². The first-order valence-electron chi connectivity index (χ1n) is 4.57. The first-order chi connectivity index (χ1) is 6.10. The van der Waals surface area contributed by atoms with E-state index in [9.17, 15) is 12.8 Å². The fourth-order valence-corrected chi connectivity index (χ4v) is 2.98. The standard InChI is InChI=1S/C8H16FNO2S/c9-6-13(11,12)8-3-1-7(5-10)2-4-8/h7-8H,1-6,10H2. The average molecular weight is 209 g/mol. The van der Waals surface area contributed by atoms with Crippen LogP contribution in [0, 0.1) is 5.92 Å². The van der Waals surface area contributed by atoms with Crippen molar-refractivity contribution < 1.29 is 12.8 Å². The maximum atomic E-state index is 12.1. The molecule has 1 fully saturated rings. The van der Waals surface area contributed by atoms with E-state index in [-0.39, 0.29) is 0 Å². The molecule has 1 rings (SSSR count). The van der Waals surface area contributed by atoms with Crippen molar-refractivity contribution in [3.63, 3.8) is 0 Å². The number of hydrogen-bond acceptors (Lipinski definition) is 3. The fourth-order valence-electron chi connectivity index (χ4n) is 1.82. The smallest absolute Gasteiger partial charge is 0.191 e. The monoisotopic (exact) mass is 209 g/mol. The molecule has 1 saturated carbocycles. The lowest BCUT2D eigenvalue weighted by Crippen LogP contribution is -2.30. The van der Waals surface area contributed by atoms with E-state index in [1.54, 1.807) is 0 Å². The number of alkyl halides is 1. The molecular formula is C8H16FNO2S. The molecule has 0 amide bonds. The third kappa shape index (κ3) is 2.64. The van der Waals surface area contributed by atoms with Crippen LogP contribution in [0.1, 0.15) is 25.7 Å². The van der Waals surface area contributed by atoms with Gasteiger partial charge < -0.3 is 5.73 Å². The summed E-state index contributed by atoms with van der Waals surface area (Å²) in [6.07, 6.45) is 2.79. The van der Waals surface area contributed by atoms with Gasteiger partial charge in [-0.3, -0.25) is 0 Å². The summed E-state index contributed by atoms with van der Waals surface area (Å²) in [5.74, 6) is 0.436. The molecule has 5 heteroatoms. The van der Waals surface area contributed by atoms with Gasteiger partial charge in [-0.25, -0.2) is 12.8 Å². The Morgan fingerprint density at radius 1 is 1.23 bits per heavy atom. The minimum atomic E-state index is -3.46. The summed E-state index contributed by atoms with van der Waals surface area (Å²) < 4.78 is 34.4. The van der Waals surface area contributed by atoms with Gasteiger partial charge in [0, 0.05) is 0 Å². The van der Waals surface area contributed by atoms with E-state index in [0.717, 1.165) is 12.8 Å². The zero-order chi connectivity index (χ0) is 9.90. The third-order valence-corrected chi connectivity index (χ3v) is 4.58. The Kier molecular flexibility index (Phi) is 3.67. The minimum Gasteiger partial charge on any atom is -0.330 e. The van der Waals surface area contributed by atoms with Crippen LogP contribution in [0.5, 0.6) is 0 Å². The Balaban J connectivity index is 2.50. The number of nitrogens with two attached hydrogens (primary N) is 1. The van der Waals surface area contributed by atoms with E-state index in [4.69, 9.17) is 5.73 Å². The van der Waals surface area contributed by atoms with Gasteiger partial charge in [-0.1, -0.05) is 0 Å². The maximum Gasteiger partial charge on any atom is 0.191 e. The average Bonchev–Trinajstić information content (AvgIpc) is 2.18. The van der Waals surface area contributed by atoms with E-state index in [1.165, 1.54) is 0 Å². The second-order valence-corrected chi connectivity index (χ2v) is 5.86. The summed E-state index contributed by atoms with van der Waals surface area (Å²) in [6.45, 7) is 0.613. The lowest BCUT2D eigenvalue weighted by atomic mass is 9.89. The molecule has 2 N–H and O–H groups in total. The van der Waals surface area contributed by atoms with Gasteiger partial charge in [0.05, 0.1) is 5.25 Å². The van der Waals surface area contributed by atoms with Crippen molar-refractivity contribution in [1.29, 1.82) is 0 Å². The maximum absolute atomic E-state index is 12.1. The van der Waals surface area contributed by atoms with Gasteiger partial charge in [0.25, 0.3) is 0 Å². The second kappa shape index (κ2) is 4.37. The highest BCUT2D eigenvalue weighted by Gasteiger charge is 2.29. The van der Waals surface area contributed by atoms with Crippen molar-refractivity contribution in [1.82, 2.24) is 0 Å². The van der Waals surface area contributed by atoms with E-state index in [0.29, 0.717) is 25.3 Å². The van der Waals surface area contributed by atoms with Gasteiger partial charge in [0.2, 0.25) is 0 Å². The normalized spacial score (nSPS) is 30.3. The molecule has 0 saturated heterocycles. The summed E-state index contributed by atoms with van der Waals surface area (Å²) in [7, 11) is -3.46. The van der Waals surface area contributed by atoms with Crippen LogP contribution in [-0.2, 0) is 9.84 Å². The van der Waals surface area contributed by atoms with Crippen LogP contribution in [0.3, 0.4) is 0 Å². The van der Waals surface area contributed by atoms with Crippen molar-refractivity contribution in [2.45, 2.75) is 30.9 Å². The molecule has 0 aromatic rings. The minimum absolute atomic E-state index is 0.436. The van der Waals surface area contributed by atoms with Gasteiger partial charge in [-0.15, -0.1) is 0 Å². The van der Waals surface area contributed by atoms with Crippen LogP contribution < -0.4 is 5.73 Å². The lowest BCUT2D eigenvalue weighted by molar-refractivity contribution is 0.362. The Morgan fingerprint density at radius 3 is 2.15 bits per heavy atom. The molecule has 0 aliphatic heterocycles. The molecule has 1 aliphatic carbocycles. The van der Waals surface area contributed by atoms with Gasteiger partial charge in [-0.05, 0) is 38.1 Å². The Bertz CT molecular complexity index is 245. The van der Waals surface area contributed by atoms with E-state index < -0.39 is 21.1 Å². The second-order valence-electron chi connectivity index (χ2n) is 3.65. The highest BCUT2D eigenvalue weighted by molar-refractivity contribution is 7.91. The molecule has 0 atom stereocenters. The summed E-state index contributed by atoms with van der Waals surface area (Å²) in [4.78, 5) is 0. The number of hydrogen-bond donors (Lipinski definition) is 1. The molecule has 3 nitrogen and oxygen atoms in total. The topological polar surface area (TPSA) is 60.2 Å². The summed E-state index contributed by atoms with van der Waals surface area (Å²) in [6, 6.07) is -1.22. The molecule has 0 heterocycles. The van der Waals surface area contributed by atoms with Crippen molar-refractivity contribution in [2.75, 3.05) is 12.6 Å². The van der Waals surface area contributed by atoms with Gasteiger partial charge in [0.15, 0.2) is 15.8 Å². The van der Waals surface area contributed by atoms with Gasteiger partial charge >= 0.3 is 0 Å². The highest BCUT2D eigenvalue weighted by Crippen LogP contribution is 2.28. The number of rotatable bonds is 3. The van der Waals surface area contributed by atoms with Crippen LogP contribution >= 0.6 is 0 Å². The largest absolute Gasteiger partial charge is 0.330 e. The predicted octanol–water partition coefficient (Wildman–Crippen LogP) is 0.846. The molecule has 0 unspecified atom stereocenters. The SMILES string of the molecule is NCC1CCC(S(=O)(=O)CF)CC1. The van der Waals surface area contributed by atoms with Crippen LogP contribution in [0.4, 0.5) is 4.39 Å². The molecule has 0 bridgehead atoms. The van der Waals surface area contributed by atoms with Gasteiger partial charge in [0.1, 0.15) is 0 Å². The van der Waals surface area contributed by atoms with Crippen LogP contribution in [0.15, 0.2) is 0 Å². The van der Waals surface area contributed by atoms with Crippen LogP contribution in [0.2, 0.25) is 0 Å². The lowest BCUT2D eigenvalue weighted by Gasteiger charge is -2.26. The highest BCUT2D eigenvalue weighted by atomic mass is 32.2. The predicted molar refractivity (Wildman–Crippen MR) is 49.7 cm³/mol. The molecule has 78 valence electrons. The Labute approximate surface area is 78.4 Å². The zero-order valence-electron chi connectivity index (χ0n) is 7.58. The summed E-state index contributed by atoms with van der Waals surface area (Å²) in [5, 5.41) is -0.458. The molecule has 1 aliphatic rings. The molecule has 0 aromatic heterocycles. The fraction of sp³-hybridized carbons (Fsp3) is 1.00. The van der Waals surface area contributed by atoms with E-state index in [2.05, 4.69) is 0 Å². The third-order valence-electron chi connectivity index (χ3n) is 2.79. The van der Waals surface area contributed by atoms with Crippen molar-refractivity contribution in [3.8, 4) is 0 Å². The van der Waals surface area contributed by atoms with Crippen molar-refractivity contribution >= 4 is 9.84 Å². The number of halogens is 1. The summed E-state index contributed by atoms with van der Waals surface area (Å²) in [5.41, 5.74) is 5.47. The van der Waals surface area contributed by atoms with E-state index >= 15 is 0 Å². The van der Waals surface area contributed by atoms with Crippen molar-refractivity contribution in [3.05, 3.63) is 0 Å². The van der Waals surface area contributed by atoms with Crippen LogP contribution in [0.25, 0.3) is 0 Å². The quantitative estimate of drug-likeness (QED) is 0.749. The molecule has 0 spiro atoms. The molecule has 0 radical (unpaired) electrons. The zero-order valence-corrected chi connectivity index (χ0v) is 8.39. The molecule has 13 heavy (non-hydrogen) atoms. The first-order valence-corrected chi connectivity index (χ1v) is 6.29. The first kappa shape index (κ1) is 10.9. The molecule has 0 aromatic carbocycles. The molecular weight excluding hydrogens is 193 g/mol. The summed E-state index contributed by atoms with van der Waals surface area (Å²) >= 11 is 0. The Hall–Kier alpha value is -0.160. The Morgan fingerprint density at radius 2 is 1.77 bits per heavy atom. The number of sulfone groups is 1. The van der Waals surface area contributed by atoms with Crippen LogP contribution in [-0.4, -0.2) is 26.2 Å².